The molecule has 0 radical (unpaired) electrons. The molecule has 1 aromatic carbocycles. The maximum atomic E-state index is 10.7. The minimum absolute atomic E-state index is 0.0113. The van der Waals surface area contributed by atoms with Crippen LogP contribution < -0.4 is 4.90 Å². The van der Waals surface area contributed by atoms with Crippen molar-refractivity contribution in [1.29, 1.82) is 0 Å². The van der Waals surface area contributed by atoms with Gasteiger partial charge in [0, 0.05) is 36.0 Å². The largest absolute Gasteiger partial charge is 0.392 e. The lowest BCUT2D eigenvalue weighted by Gasteiger charge is -2.25. The van der Waals surface area contributed by atoms with Gasteiger partial charge in [-0.3, -0.25) is 10.1 Å². The molecule has 96 valence electrons. The summed E-state index contributed by atoms with van der Waals surface area (Å²) in [6.45, 7) is 4.22. The van der Waals surface area contributed by atoms with Crippen molar-refractivity contribution in [2.75, 3.05) is 11.4 Å². The zero-order valence-corrected chi connectivity index (χ0v) is 10.1. The Hall–Kier alpha value is -1.88. The quantitative estimate of drug-likeness (QED) is 0.476. The summed E-state index contributed by atoms with van der Waals surface area (Å²) in [5.41, 5.74) is 1.47. The summed E-state index contributed by atoms with van der Waals surface area (Å²) < 4.78 is 0. The lowest BCUT2D eigenvalue weighted by Crippen LogP contribution is -2.26. The first-order chi connectivity index (χ1) is 8.67. The van der Waals surface area contributed by atoms with Gasteiger partial charge >= 0.3 is 0 Å². The van der Waals surface area contributed by atoms with Crippen molar-refractivity contribution in [2.24, 2.45) is 0 Å². The van der Waals surface area contributed by atoms with Crippen LogP contribution in [0.25, 0.3) is 0 Å². The molecule has 1 saturated carbocycles. The van der Waals surface area contributed by atoms with E-state index in [1.54, 1.807) is 12.1 Å². The predicted octanol–water partition coefficient (Wildman–Crippen LogP) is 2.24. The molecular weight excluding hydrogens is 232 g/mol. The Labute approximate surface area is 105 Å². The van der Waals surface area contributed by atoms with E-state index in [-0.39, 0.29) is 12.3 Å². The maximum absolute atomic E-state index is 10.7. The Morgan fingerprint density at radius 3 is 2.78 bits per heavy atom. The molecule has 1 aliphatic carbocycles. The second-order valence-electron chi connectivity index (χ2n) is 4.40. The Balaban J connectivity index is 2.35. The van der Waals surface area contributed by atoms with Crippen LogP contribution in [0.15, 0.2) is 30.9 Å². The molecule has 0 amide bonds. The van der Waals surface area contributed by atoms with Crippen LogP contribution in [0.3, 0.4) is 0 Å². The highest BCUT2D eigenvalue weighted by molar-refractivity contribution is 5.59. The number of rotatable bonds is 6. The number of hydrogen-bond acceptors (Lipinski definition) is 4. The number of non-ortho nitro benzene ring substituents is 1. The first kappa shape index (κ1) is 12.6. The van der Waals surface area contributed by atoms with E-state index in [1.807, 2.05) is 0 Å². The normalized spacial score (nSPS) is 14.3. The van der Waals surface area contributed by atoms with Crippen LogP contribution >= 0.6 is 0 Å². The van der Waals surface area contributed by atoms with Gasteiger partial charge in [-0.25, -0.2) is 0 Å². The minimum Gasteiger partial charge on any atom is -0.392 e. The lowest BCUT2D eigenvalue weighted by atomic mass is 10.1. The fourth-order valence-electron chi connectivity index (χ4n) is 2.06. The van der Waals surface area contributed by atoms with Crippen molar-refractivity contribution in [3.8, 4) is 0 Å². The summed E-state index contributed by atoms with van der Waals surface area (Å²) in [6.07, 6.45) is 4.05. The molecule has 2 rings (SSSR count). The molecule has 1 aliphatic rings. The zero-order chi connectivity index (χ0) is 13.1. The number of aliphatic hydroxyl groups excluding tert-OH is 1. The molecule has 0 saturated heterocycles. The van der Waals surface area contributed by atoms with Crippen molar-refractivity contribution in [3.63, 3.8) is 0 Å². The smallest absolute Gasteiger partial charge is 0.269 e. The second-order valence-corrected chi connectivity index (χ2v) is 4.40. The molecule has 1 aromatic rings. The van der Waals surface area contributed by atoms with E-state index in [9.17, 15) is 15.2 Å². The third-order valence-electron chi connectivity index (χ3n) is 3.07. The highest BCUT2D eigenvalue weighted by atomic mass is 16.6. The summed E-state index contributed by atoms with van der Waals surface area (Å²) in [7, 11) is 0. The third-order valence-corrected chi connectivity index (χ3v) is 3.07. The van der Waals surface area contributed by atoms with Gasteiger partial charge in [0.2, 0.25) is 0 Å². The number of nitro benzene ring substituents is 1. The predicted molar refractivity (Wildman–Crippen MR) is 69.6 cm³/mol. The molecule has 0 bridgehead atoms. The van der Waals surface area contributed by atoms with Gasteiger partial charge in [-0.15, -0.1) is 6.58 Å². The number of hydrogen-bond donors (Lipinski definition) is 1. The molecule has 0 spiro atoms. The third kappa shape index (κ3) is 2.51. The number of benzene rings is 1. The Morgan fingerprint density at radius 2 is 2.28 bits per heavy atom. The van der Waals surface area contributed by atoms with Crippen molar-refractivity contribution in [2.45, 2.75) is 25.5 Å². The SMILES string of the molecule is C=CCN(c1ccc([N+](=O)[O-])cc1CO)C1CC1. The van der Waals surface area contributed by atoms with Gasteiger partial charge in [-0.05, 0) is 18.9 Å². The van der Waals surface area contributed by atoms with Crippen LogP contribution in [0, 0.1) is 10.1 Å². The van der Waals surface area contributed by atoms with Crippen LogP contribution in [0.2, 0.25) is 0 Å². The van der Waals surface area contributed by atoms with Gasteiger partial charge in [-0.1, -0.05) is 6.08 Å². The van der Waals surface area contributed by atoms with Gasteiger partial charge in [0.1, 0.15) is 0 Å². The van der Waals surface area contributed by atoms with Gasteiger partial charge < -0.3 is 10.0 Å². The number of aliphatic hydroxyl groups is 1. The monoisotopic (exact) mass is 248 g/mol. The fraction of sp³-hybridized carbons (Fsp3) is 0.385. The van der Waals surface area contributed by atoms with Crippen molar-refractivity contribution >= 4 is 11.4 Å². The fourth-order valence-corrected chi connectivity index (χ4v) is 2.06. The molecule has 5 heteroatoms. The van der Waals surface area contributed by atoms with Crippen LogP contribution in [-0.2, 0) is 6.61 Å². The van der Waals surface area contributed by atoms with Crippen molar-refractivity contribution < 1.29 is 10.0 Å². The summed E-state index contributed by atoms with van der Waals surface area (Å²) in [5, 5.41) is 20.1. The molecule has 0 atom stereocenters. The lowest BCUT2D eigenvalue weighted by molar-refractivity contribution is -0.384. The zero-order valence-electron chi connectivity index (χ0n) is 10.1. The average Bonchev–Trinajstić information content (AvgIpc) is 3.19. The van der Waals surface area contributed by atoms with E-state index in [1.165, 1.54) is 12.1 Å². The molecule has 0 unspecified atom stereocenters. The van der Waals surface area contributed by atoms with Gasteiger partial charge in [-0.2, -0.15) is 0 Å². The number of nitro groups is 1. The molecular formula is C13H16N2O3. The van der Waals surface area contributed by atoms with E-state index in [4.69, 9.17) is 0 Å². The first-order valence-electron chi connectivity index (χ1n) is 5.93. The molecule has 0 aliphatic heterocycles. The minimum atomic E-state index is -0.447. The van der Waals surface area contributed by atoms with Crippen LogP contribution in [0.1, 0.15) is 18.4 Å². The van der Waals surface area contributed by atoms with E-state index in [2.05, 4.69) is 11.5 Å². The summed E-state index contributed by atoms with van der Waals surface area (Å²) >= 11 is 0. The van der Waals surface area contributed by atoms with Crippen LogP contribution in [-0.4, -0.2) is 22.6 Å². The number of anilines is 1. The van der Waals surface area contributed by atoms with Gasteiger partial charge in [0.15, 0.2) is 0 Å². The second kappa shape index (κ2) is 5.18. The Kier molecular flexibility index (Phi) is 3.62. The molecule has 18 heavy (non-hydrogen) atoms. The summed E-state index contributed by atoms with van der Waals surface area (Å²) in [5.74, 6) is 0. The van der Waals surface area contributed by atoms with E-state index < -0.39 is 4.92 Å². The topological polar surface area (TPSA) is 66.6 Å². The molecule has 0 heterocycles. The molecule has 1 N–H and O–H groups in total. The molecule has 1 fully saturated rings. The van der Waals surface area contributed by atoms with Gasteiger partial charge in [0.25, 0.3) is 5.69 Å². The van der Waals surface area contributed by atoms with Crippen molar-refractivity contribution in [1.82, 2.24) is 0 Å². The molecule has 0 aromatic heterocycles. The number of nitrogens with zero attached hydrogens (tertiary/aromatic N) is 2. The Morgan fingerprint density at radius 1 is 1.56 bits per heavy atom. The Bertz CT molecular complexity index is 469. The van der Waals surface area contributed by atoms with Crippen LogP contribution in [0.4, 0.5) is 11.4 Å². The first-order valence-corrected chi connectivity index (χ1v) is 5.93. The van der Waals surface area contributed by atoms with Crippen LogP contribution in [0.5, 0.6) is 0 Å². The van der Waals surface area contributed by atoms with Gasteiger partial charge in [0.05, 0.1) is 11.5 Å². The highest BCUT2D eigenvalue weighted by Gasteiger charge is 2.30. The van der Waals surface area contributed by atoms with Crippen molar-refractivity contribution in [3.05, 3.63) is 46.5 Å². The average molecular weight is 248 g/mol. The van der Waals surface area contributed by atoms with E-state index in [0.717, 1.165) is 18.5 Å². The highest BCUT2D eigenvalue weighted by Crippen LogP contribution is 2.34. The van der Waals surface area contributed by atoms with E-state index >= 15 is 0 Å². The standard InChI is InChI=1S/C13H16N2O3/c1-2-7-14(11-3-4-11)13-6-5-12(15(17)18)8-10(13)9-16/h2,5-6,8,11,16H,1,3-4,7,9H2. The van der Waals surface area contributed by atoms with E-state index in [0.29, 0.717) is 18.2 Å². The maximum Gasteiger partial charge on any atom is 0.269 e. The molecule has 5 nitrogen and oxygen atoms in total. The summed E-state index contributed by atoms with van der Waals surface area (Å²) in [6, 6.07) is 5.10. The summed E-state index contributed by atoms with van der Waals surface area (Å²) in [4.78, 5) is 12.4.